The van der Waals surface area contributed by atoms with Gasteiger partial charge in [0.05, 0.1) is 5.88 Å². The maximum absolute atomic E-state index is 12.9. The van der Waals surface area contributed by atoms with Crippen LogP contribution in [0.4, 0.5) is 4.39 Å². The van der Waals surface area contributed by atoms with Crippen molar-refractivity contribution in [3.05, 3.63) is 70.4 Å². The molecule has 0 bridgehead atoms. The summed E-state index contributed by atoms with van der Waals surface area (Å²) in [7, 11) is 0. The first-order valence-electron chi connectivity index (χ1n) is 7.21. The minimum absolute atomic E-state index is 0.120. The Morgan fingerprint density at radius 1 is 1.17 bits per heavy atom. The molecule has 0 fully saturated rings. The highest BCUT2D eigenvalue weighted by atomic mass is 32.2. The molecule has 1 unspecified atom stereocenters. The lowest BCUT2D eigenvalue weighted by molar-refractivity contribution is 0.108. The average molecular weight is 329 g/mol. The molecule has 0 aromatic heterocycles. The van der Waals surface area contributed by atoms with Crippen molar-refractivity contribution in [2.45, 2.75) is 6.10 Å². The van der Waals surface area contributed by atoms with Gasteiger partial charge in [-0.25, -0.2) is 4.39 Å². The number of aliphatic hydroxyl groups excluding tert-OH is 1. The van der Waals surface area contributed by atoms with Gasteiger partial charge >= 0.3 is 0 Å². The Bertz CT molecular complexity index is 711. The summed E-state index contributed by atoms with van der Waals surface area (Å²) in [4.78, 5) is 5.30. The average Bonchev–Trinajstić information content (AvgIpc) is 3.07. The van der Waals surface area contributed by atoms with Crippen molar-refractivity contribution >= 4 is 24.1 Å². The summed E-state index contributed by atoms with van der Waals surface area (Å²) in [5, 5.41) is 10.0. The van der Waals surface area contributed by atoms with Crippen molar-refractivity contribution in [1.29, 1.82) is 0 Å². The lowest BCUT2D eigenvalue weighted by Gasteiger charge is -2.13. The first-order chi connectivity index (χ1) is 11.2. The predicted octanol–water partition coefficient (Wildman–Crippen LogP) is 4.05. The molecule has 1 aliphatic rings. The van der Waals surface area contributed by atoms with Crippen LogP contribution in [-0.4, -0.2) is 23.8 Å². The van der Waals surface area contributed by atoms with Gasteiger partial charge in [0.2, 0.25) is 0 Å². The molecule has 1 heterocycles. The van der Waals surface area contributed by atoms with Crippen LogP contribution in [0.2, 0.25) is 0 Å². The zero-order valence-corrected chi connectivity index (χ0v) is 13.2. The number of hydrogen-bond acceptors (Lipinski definition) is 4. The Kier molecular flexibility index (Phi) is 5.10. The molecular weight excluding hydrogens is 313 g/mol. The smallest absolute Gasteiger partial charge is 0.123 e. The molecule has 3 nitrogen and oxygen atoms in total. The van der Waals surface area contributed by atoms with E-state index in [0.29, 0.717) is 11.3 Å². The van der Waals surface area contributed by atoms with E-state index in [-0.39, 0.29) is 12.4 Å². The summed E-state index contributed by atoms with van der Waals surface area (Å²) in [6, 6.07) is 13.4. The van der Waals surface area contributed by atoms with Crippen molar-refractivity contribution < 1.29 is 14.2 Å². The fourth-order valence-corrected chi connectivity index (χ4v) is 2.80. The summed E-state index contributed by atoms with van der Waals surface area (Å²) in [6.45, 7) is 0.120. The Balaban J connectivity index is 1.57. The van der Waals surface area contributed by atoms with Crippen LogP contribution in [0.15, 0.2) is 58.4 Å². The number of aliphatic imine (C=N–C) groups is 1. The largest absolute Gasteiger partial charge is 0.491 e. The molecule has 3 rings (SSSR count). The van der Waals surface area contributed by atoms with Gasteiger partial charge in [-0.15, -0.1) is 11.8 Å². The molecule has 0 amide bonds. The molecular formula is C18H16FNO2S. The number of allylic oxidation sites excluding steroid dienone is 1. The molecule has 0 spiro atoms. The maximum Gasteiger partial charge on any atom is 0.123 e. The molecule has 118 valence electrons. The summed E-state index contributed by atoms with van der Waals surface area (Å²) in [5.74, 6) is 1.15. The van der Waals surface area contributed by atoms with Gasteiger partial charge in [-0.1, -0.05) is 24.3 Å². The van der Waals surface area contributed by atoms with E-state index < -0.39 is 6.10 Å². The van der Waals surface area contributed by atoms with Crippen molar-refractivity contribution in [3.63, 3.8) is 0 Å². The van der Waals surface area contributed by atoms with Crippen LogP contribution < -0.4 is 4.74 Å². The van der Waals surface area contributed by atoms with Gasteiger partial charge in [0, 0.05) is 11.1 Å². The van der Waals surface area contributed by atoms with E-state index in [1.165, 1.54) is 12.1 Å². The monoisotopic (exact) mass is 329 g/mol. The second-order valence-electron chi connectivity index (χ2n) is 5.08. The van der Waals surface area contributed by atoms with Crippen LogP contribution in [0.3, 0.4) is 0 Å². The van der Waals surface area contributed by atoms with Crippen molar-refractivity contribution in [2.24, 2.45) is 4.99 Å². The number of thioether (sulfide) groups is 1. The minimum Gasteiger partial charge on any atom is -0.491 e. The van der Waals surface area contributed by atoms with Crippen LogP contribution >= 0.6 is 11.8 Å². The molecule has 0 saturated carbocycles. The fraction of sp³-hybridized carbons (Fsp3) is 0.167. The number of halogens is 1. The van der Waals surface area contributed by atoms with Gasteiger partial charge in [-0.3, -0.25) is 4.99 Å². The Hall–Kier alpha value is -2.11. The van der Waals surface area contributed by atoms with Crippen molar-refractivity contribution in [2.75, 3.05) is 12.5 Å². The number of aliphatic hydroxyl groups is 1. The molecule has 23 heavy (non-hydrogen) atoms. The van der Waals surface area contributed by atoms with E-state index >= 15 is 0 Å². The molecule has 2 aromatic carbocycles. The molecule has 0 radical (unpaired) electrons. The number of rotatable bonds is 5. The molecule has 1 atom stereocenters. The molecule has 1 N–H and O–H groups in total. The standard InChI is InChI=1S/C18H16FNO2S/c19-15-5-3-14(4-6-15)18(21)11-22-16-7-1-13(2-8-16)9-17-10-20-12-23-17/h1-10,18,21H,11-12H2. The summed E-state index contributed by atoms with van der Waals surface area (Å²) in [5.41, 5.74) is 1.71. The van der Waals surface area contributed by atoms with Gasteiger partial charge in [-0.2, -0.15) is 0 Å². The first kappa shape index (κ1) is 15.8. The summed E-state index contributed by atoms with van der Waals surface area (Å²) >= 11 is 1.70. The second kappa shape index (κ2) is 7.44. The SMILES string of the molecule is OC(COc1ccc(C=C2C=NCS2)cc1)c1ccc(F)cc1. The third-order valence-electron chi connectivity index (χ3n) is 3.38. The highest BCUT2D eigenvalue weighted by molar-refractivity contribution is 8.04. The maximum atomic E-state index is 12.9. The summed E-state index contributed by atoms with van der Waals surface area (Å²) in [6.07, 6.45) is 3.15. The molecule has 0 saturated heterocycles. The normalized spacial score (nSPS) is 16.7. The van der Waals surface area contributed by atoms with E-state index in [2.05, 4.69) is 11.1 Å². The topological polar surface area (TPSA) is 41.8 Å². The number of hydrogen-bond donors (Lipinski definition) is 1. The van der Waals surface area contributed by atoms with E-state index in [1.54, 1.807) is 23.9 Å². The number of ether oxygens (including phenoxy) is 1. The molecule has 2 aromatic rings. The van der Waals surface area contributed by atoms with E-state index in [9.17, 15) is 9.50 Å². The Labute approximate surface area is 138 Å². The lowest BCUT2D eigenvalue weighted by atomic mass is 10.1. The van der Waals surface area contributed by atoms with Gasteiger partial charge in [0.25, 0.3) is 0 Å². The third-order valence-corrected chi connectivity index (χ3v) is 4.21. The van der Waals surface area contributed by atoms with E-state index in [4.69, 9.17) is 4.74 Å². The quantitative estimate of drug-likeness (QED) is 0.899. The zero-order valence-electron chi connectivity index (χ0n) is 12.4. The molecule has 5 heteroatoms. The van der Waals surface area contributed by atoms with E-state index in [1.807, 2.05) is 30.5 Å². The minimum atomic E-state index is -0.788. The lowest BCUT2D eigenvalue weighted by Crippen LogP contribution is -2.09. The highest BCUT2D eigenvalue weighted by Gasteiger charge is 2.08. The van der Waals surface area contributed by atoms with Crippen LogP contribution in [0.25, 0.3) is 6.08 Å². The second-order valence-corrected chi connectivity index (χ2v) is 6.10. The van der Waals surface area contributed by atoms with Crippen molar-refractivity contribution in [3.8, 4) is 5.75 Å². The van der Waals surface area contributed by atoms with Crippen molar-refractivity contribution in [1.82, 2.24) is 0 Å². The Morgan fingerprint density at radius 3 is 2.57 bits per heavy atom. The van der Waals surface area contributed by atoms with Crippen LogP contribution in [-0.2, 0) is 0 Å². The van der Waals surface area contributed by atoms with Gasteiger partial charge in [0.1, 0.15) is 24.3 Å². The van der Waals surface area contributed by atoms with Crippen LogP contribution in [0, 0.1) is 5.82 Å². The predicted molar refractivity (Wildman–Crippen MR) is 92.2 cm³/mol. The van der Waals surface area contributed by atoms with Gasteiger partial charge < -0.3 is 9.84 Å². The van der Waals surface area contributed by atoms with Crippen LogP contribution in [0.5, 0.6) is 5.75 Å². The first-order valence-corrected chi connectivity index (χ1v) is 8.20. The summed E-state index contributed by atoms with van der Waals surface area (Å²) < 4.78 is 18.4. The highest BCUT2D eigenvalue weighted by Crippen LogP contribution is 2.23. The van der Waals surface area contributed by atoms with Gasteiger partial charge in [0.15, 0.2) is 0 Å². The zero-order chi connectivity index (χ0) is 16.1. The molecule has 1 aliphatic heterocycles. The molecule has 0 aliphatic carbocycles. The van der Waals surface area contributed by atoms with Crippen LogP contribution in [0.1, 0.15) is 17.2 Å². The third kappa shape index (κ3) is 4.43. The number of benzene rings is 2. The fourth-order valence-electron chi connectivity index (χ4n) is 2.14. The van der Waals surface area contributed by atoms with E-state index in [0.717, 1.165) is 16.3 Å². The van der Waals surface area contributed by atoms with Gasteiger partial charge in [-0.05, 0) is 41.5 Å². The Morgan fingerprint density at radius 2 is 1.91 bits per heavy atom. The number of nitrogens with zero attached hydrogens (tertiary/aromatic N) is 1.